The van der Waals surface area contributed by atoms with Crippen LogP contribution in [0.3, 0.4) is 0 Å². The van der Waals surface area contributed by atoms with E-state index in [4.69, 9.17) is 4.98 Å². The third-order valence-electron chi connectivity index (χ3n) is 7.21. The molecule has 4 aromatic heterocycles. The van der Waals surface area contributed by atoms with Crippen LogP contribution in [0.5, 0.6) is 0 Å². The molecule has 4 aromatic rings. The standard InChI is InChI=1S/C28H30N8O/c1-34-8-10-36(11-9-34)27-14-20(4-5-30-27)26(37)15-23-13-21-12-22(16-32-24(21)18-31-23)25-17-29-19-28(33-25)35-6-2-3-7-35/h4-5,12-14,16-19H,2-3,6-11,15H2,1H3. The summed E-state index contributed by atoms with van der Waals surface area (Å²) in [5, 5.41) is 0.927. The minimum Gasteiger partial charge on any atom is -0.355 e. The van der Waals surface area contributed by atoms with Gasteiger partial charge in [0.1, 0.15) is 11.6 Å². The summed E-state index contributed by atoms with van der Waals surface area (Å²) in [6.45, 7) is 5.84. The van der Waals surface area contributed by atoms with E-state index in [1.165, 1.54) is 12.8 Å². The van der Waals surface area contributed by atoms with Crippen molar-refractivity contribution in [1.82, 2.24) is 29.8 Å². The number of likely N-dealkylation sites (N-methyl/N-ethyl adjacent to an activating group) is 1. The molecule has 2 aliphatic heterocycles. The number of hydrogen-bond donors (Lipinski definition) is 0. The fourth-order valence-electron chi connectivity index (χ4n) is 4.97. The molecule has 2 fully saturated rings. The highest BCUT2D eigenvalue weighted by atomic mass is 16.1. The molecule has 0 unspecified atom stereocenters. The van der Waals surface area contributed by atoms with Crippen LogP contribution in [0, 0.1) is 0 Å². The Hall–Kier alpha value is -3.98. The van der Waals surface area contributed by atoms with E-state index in [2.05, 4.69) is 41.7 Å². The summed E-state index contributed by atoms with van der Waals surface area (Å²) in [6.07, 6.45) is 11.5. The van der Waals surface area contributed by atoms with Gasteiger partial charge < -0.3 is 14.7 Å². The van der Waals surface area contributed by atoms with Gasteiger partial charge in [0, 0.05) is 73.9 Å². The molecule has 0 bridgehead atoms. The molecule has 0 aliphatic carbocycles. The molecule has 2 aliphatic rings. The average molecular weight is 495 g/mol. The molecular weight excluding hydrogens is 464 g/mol. The van der Waals surface area contributed by atoms with Gasteiger partial charge in [0.15, 0.2) is 5.78 Å². The second-order valence-corrected chi connectivity index (χ2v) is 9.84. The molecule has 0 atom stereocenters. The fraction of sp³-hybridized carbons (Fsp3) is 0.357. The summed E-state index contributed by atoms with van der Waals surface area (Å²) in [5.41, 5.74) is 3.85. The second-order valence-electron chi connectivity index (χ2n) is 9.84. The first kappa shape index (κ1) is 23.4. The highest BCUT2D eigenvalue weighted by Crippen LogP contribution is 2.25. The Morgan fingerprint density at radius 1 is 0.838 bits per heavy atom. The first-order valence-corrected chi connectivity index (χ1v) is 12.9. The number of ketones is 1. The Morgan fingerprint density at radius 2 is 1.65 bits per heavy atom. The number of pyridine rings is 3. The number of nitrogens with zero attached hydrogens (tertiary/aromatic N) is 8. The number of Topliss-reactive ketones (excluding diaryl/α,β-unsaturated/α-hetero) is 1. The molecule has 0 aromatic carbocycles. The van der Waals surface area contributed by atoms with Crippen LogP contribution in [0.25, 0.3) is 22.2 Å². The third kappa shape index (κ3) is 5.13. The maximum atomic E-state index is 13.2. The van der Waals surface area contributed by atoms with Gasteiger partial charge in [-0.05, 0) is 44.2 Å². The van der Waals surface area contributed by atoms with E-state index in [-0.39, 0.29) is 12.2 Å². The second kappa shape index (κ2) is 10.2. The molecular formula is C28H30N8O. The van der Waals surface area contributed by atoms with Crippen molar-refractivity contribution >= 4 is 28.3 Å². The minimum absolute atomic E-state index is 0.0259. The number of anilines is 2. The van der Waals surface area contributed by atoms with Crippen LogP contribution in [0.2, 0.25) is 0 Å². The van der Waals surface area contributed by atoms with Crippen LogP contribution in [0.15, 0.2) is 55.2 Å². The van der Waals surface area contributed by atoms with E-state index in [1.807, 2.05) is 30.6 Å². The summed E-state index contributed by atoms with van der Waals surface area (Å²) < 4.78 is 0. The zero-order valence-corrected chi connectivity index (χ0v) is 21.0. The SMILES string of the molecule is CN1CCN(c2cc(C(=O)Cc3cc4cc(-c5cncc(N6CCCC6)n5)cnc4cn3)ccn2)CC1. The van der Waals surface area contributed by atoms with Crippen LogP contribution in [-0.2, 0) is 6.42 Å². The topological polar surface area (TPSA) is 91.2 Å². The van der Waals surface area contributed by atoms with E-state index in [1.54, 1.807) is 24.7 Å². The number of aromatic nitrogens is 5. The van der Waals surface area contributed by atoms with Crippen LogP contribution in [0.4, 0.5) is 11.6 Å². The largest absolute Gasteiger partial charge is 0.355 e. The molecule has 0 N–H and O–H groups in total. The van der Waals surface area contributed by atoms with E-state index < -0.39 is 0 Å². The van der Waals surface area contributed by atoms with Gasteiger partial charge in [-0.1, -0.05) is 0 Å². The maximum Gasteiger partial charge on any atom is 0.169 e. The van der Waals surface area contributed by atoms with Gasteiger partial charge in [0.2, 0.25) is 0 Å². The third-order valence-corrected chi connectivity index (χ3v) is 7.21. The van der Waals surface area contributed by atoms with Crippen LogP contribution in [-0.4, -0.2) is 81.9 Å². The van der Waals surface area contributed by atoms with Crippen molar-refractivity contribution in [3.8, 4) is 11.3 Å². The molecule has 37 heavy (non-hydrogen) atoms. The molecule has 6 rings (SSSR count). The summed E-state index contributed by atoms with van der Waals surface area (Å²) in [7, 11) is 2.12. The van der Waals surface area contributed by atoms with E-state index in [0.29, 0.717) is 11.3 Å². The van der Waals surface area contributed by atoms with E-state index in [0.717, 1.165) is 73.1 Å². The smallest absolute Gasteiger partial charge is 0.169 e. The van der Waals surface area contributed by atoms with Crippen LogP contribution >= 0.6 is 0 Å². The molecule has 188 valence electrons. The maximum absolute atomic E-state index is 13.2. The molecule has 9 nitrogen and oxygen atoms in total. The Balaban J connectivity index is 1.21. The predicted octanol–water partition coefficient (Wildman–Crippen LogP) is 3.26. The molecule has 2 saturated heterocycles. The molecule has 0 spiro atoms. The molecule has 0 radical (unpaired) electrons. The first-order valence-electron chi connectivity index (χ1n) is 12.9. The number of piperazine rings is 1. The van der Waals surface area contributed by atoms with Crippen molar-refractivity contribution < 1.29 is 4.79 Å². The van der Waals surface area contributed by atoms with Gasteiger partial charge in [0.25, 0.3) is 0 Å². The van der Waals surface area contributed by atoms with Crippen molar-refractivity contribution in [2.45, 2.75) is 19.3 Å². The lowest BCUT2D eigenvalue weighted by Gasteiger charge is -2.33. The summed E-state index contributed by atoms with van der Waals surface area (Å²) >= 11 is 0. The Kier molecular flexibility index (Phi) is 6.44. The van der Waals surface area contributed by atoms with E-state index >= 15 is 0 Å². The zero-order chi connectivity index (χ0) is 25.2. The number of carbonyl (C=O) groups excluding carboxylic acids is 1. The van der Waals surface area contributed by atoms with Crippen LogP contribution in [0.1, 0.15) is 28.9 Å². The van der Waals surface area contributed by atoms with Crippen molar-refractivity contribution in [2.24, 2.45) is 0 Å². The summed E-state index contributed by atoms with van der Waals surface area (Å²) in [5.74, 6) is 1.79. The van der Waals surface area contributed by atoms with Gasteiger partial charge in [-0.3, -0.25) is 19.7 Å². The first-order chi connectivity index (χ1) is 18.1. The van der Waals surface area contributed by atoms with Crippen LogP contribution < -0.4 is 9.80 Å². The Morgan fingerprint density at radius 3 is 2.49 bits per heavy atom. The van der Waals surface area contributed by atoms with Crippen molar-refractivity contribution in [2.75, 3.05) is 56.1 Å². The summed E-state index contributed by atoms with van der Waals surface area (Å²) in [4.78, 5) is 42.8. The fourth-order valence-corrected chi connectivity index (χ4v) is 4.97. The minimum atomic E-state index is 0.0259. The molecule has 0 amide bonds. The normalized spacial score (nSPS) is 16.5. The number of hydrogen-bond acceptors (Lipinski definition) is 9. The number of rotatable bonds is 6. The lowest BCUT2D eigenvalue weighted by Crippen LogP contribution is -2.44. The van der Waals surface area contributed by atoms with Crippen molar-refractivity contribution in [3.05, 3.63) is 66.5 Å². The number of carbonyl (C=O) groups is 1. The number of fused-ring (bicyclic) bond motifs is 1. The lowest BCUT2D eigenvalue weighted by atomic mass is 10.1. The van der Waals surface area contributed by atoms with Crippen molar-refractivity contribution in [3.63, 3.8) is 0 Å². The lowest BCUT2D eigenvalue weighted by molar-refractivity contribution is 0.0992. The molecule has 6 heterocycles. The Bertz CT molecular complexity index is 1430. The van der Waals surface area contributed by atoms with Crippen molar-refractivity contribution in [1.29, 1.82) is 0 Å². The quantitative estimate of drug-likeness (QED) is 0.375. The highest BCUT2D eigenvalue weighted by Gasteiger charge is 2.18. The molecule has 0 saturated carbocycles. The van der Waals surface area contributed by atoms with Gasteiger partial charge in [-0.25, -0.2) is 9.97 Å². The predicted molar refractivity (Wildman–Crippen MR) is 144 cm³/mol. The monoisotopic (exact) mass is 494 g/mol. The van der Waals surface area contributed by atoms with E-state index in [9.17, 15) is 4.79 Å². The Labute approximate surface area is 216 Å². The average Bonchev–Trinajstić information content (AvgIpc) is 3.49. The summed E-state index contributed by atoms with van der Waals surface area (Å²) in [6, 6.07) is 7.69. The highest BCUT2D eigenvalue weighted by molar-refractivity contribution is 5.98. The van der Waals surface area contributed by atoms with Gasteiger partial charge >= 0.3 is 0 Å². The zero-order valence-electron chi connectivity index (χ0n) is 21.0. The van der Waals surface area contributed by atoms with Gasteiger partial charge in [0.05, 0.1) is 36.2 Å². The molecule has 9 heteroatoms. The van der Waals surface area contributed by atoms with Gasteiger partial charge in [-0.15, -0.1) is 0 Å². The van der Waals surface area contributed by atoms with Gasteiger partial charge in [-0.2, -0.15) is 0 Å².